The lowest BCUT2D eigenvalue weighted by Gasteiger charge is -2.02. The van der Waals surface area contributed by atoms with Crippen LogP contribution in [0.2, 0.25) is 0 Å². The lowest BCUT2D eigenvalue weighted by Crippen LogP contribution is -2.09. The van der Waals surface area contributed by atoms with E-state index in [9.17, 15) is 4.79 Å². The lowest BCUT2D eigenvalue weighted by atomic mass is 10.2. The van der Waals surface area contributed by atoms with Crippen molar-refractivity contribution in [2.24, 2.45) is 5.73 Å². The van der Waals surface area contributed by atoms with Crippen LogP contribution in [-0.2, 0) is 16.1 Å². The van der Waals surface area contributed by atoms with Gasteiger partial charge in [0.2, 0.25) is 0 Å². The van der Waals surface area contributed by atoms with Crippen molar-refractivity contribution in [1.29, 1.82) is 0 Å². The molecule has 0 saturated heterocycles. The fraction of sp³-hybridized carbons (Fsp3) is 0.400. The molecule has 0 saturated carbocycles. The van der Waals surface area contributed by atoms with Gasteiger partial charge in [-0.3, -0.25) is 4.98 Å². The lowest BCUT2D eigenvalue weighted by molar-refractivity contribution is 0.0600. The minimum absolute atomic E-state index is 0.392. The normalized spacial score (nSPS) is 10.0. The number of pyridine rings is 1. The van der Waals surface area contributed by atoms with Crippen molar-refractivity contribution in [3.05, 3.63) is 29.6 Å². The van der Waals surface area contributed by atoms with Crippen LogP contribution < -0.4 is 5.73 Å². The molecule has 5 heteroatoms. The van der Waals surface area contributed by atoms with Gasteiger partial charge in [0.1, 0.15) is 0 Å². The van der Waals surface area contributed by atoms with Crippen molar-refractivity contribution in [3.63, 3.8) is 0 Å². The van der Waals surface area contributed by atoms with E-state index in [2.05, 4.69) is 9.72 Å². The summed E-state index contributed by atoms with van der Waals surface area (Å²) in [5.74, 6) is -0.392. The molecule has 1 rings (SSSR count). The molecule has 5 nitrogen and oxygen atoms in total. The Kier molecular flexibility index (Phi) is 4.73. The van der Waals surface area contributed by atoms with Crippen LogP contribution in [0.15, 0.2) is 18.3 Å². The molecule has 0 bridgehead atoms. The third-order valence-corrected chi connectivity index (χ3v) is 1.76. The molecule has 0 spiro atoms. The summed E-state index contributed by atoms with van der Waals surface area (Å²) in [5.41, 5.74) is 6.46. The number of methoxy groups -OCH3 is 1. The van der Waals surface area contributed by atoms with E-state index in [0.717, 1.165) is 5.69 Å². The van der Waals surface area contributed by atoms with Gasteiger partial charge in [-0.05, 0) is 12.1 Å². The maximum Gasteiger partial charge on any atom is 0.339 e. The average Bonchev–Trinajstić information content (AvgIpc) is 2.29. The number of esters is 1. The summed E-state index contributed by atoms with van der Waals surface area (Å²) in [6, 6.07) is 3.38. The van der Waals surface area contributed by atoms with Crippen LogP contribution in [0.5, 0.6) is 0 Å². The summed E-state index contributed by atoms with van der Waals surface area (Å²) in [6.07, 6.45) is 1.47. The second-order valence-corrected chi connectivity index (χ2v) is 2.87. The van der Waals surface area contributed by atoms with Crippen LogP contribution >= 0.6 is 0 Å². The van der Waals surface area contributed by atoms with E-state index >= 15 is 0 Å². The van der Waals surface area contributed by atoms with Gasteiger partial charge in [-0.2, -0.15) is 0 Å². The molecule has 1 heterocycles. The molecule has 0 unspecified atom stereocenters. The largest absolute Gasteiger partial charge is 0.465 e. The van der Waals surface area contributed by atoms with Gasteiger partial charge in [0, 0.05) is 12.7 Å². The molecule has 0 fully saturated rings. The maximum absolute atomic E-state index is 11.1. The summed E-state index contributed by atoms with van der Waals surface area (Å²) in [6.45, 7) is 1.39. The number of ether oxygens (including phenoxy) is 2. The molecule has 0 aliphatic rings. The van der Waals surface area contributed by atoms with E-state index in [1.54, 1.807) is 12.1 Å². The molecule has 1 aromatic heterocycles. The second-order valence-electron chi connectivity index (χ2n) is 2.87. The topological polar surface area (TPSA) is 74.4 Å². The highest BCUT2D eigenvalue weighted by molar-refractivity contribution is 5.88. The number of carbonyl (C=O) groups excluding carboxylic acids is 1. The Balaban J connectivity index is 2.52. The summed E-state index contributed by atoms with van der Waals surface area (Å²) in [5, 5.41) is 0. The van der Waals surface area contributed by atoms with E-state index < -0.39 is 5.97 Å². The Hall–Kier alpha value is -1.46. The number of hydrogen-bond acceptors (Lipinski definition) is 5. The molecule has 15 heavy (non-hydrogen) atoms. The van der Waals surface area contributed by atoms with Crippen LogP contribution in [0.25, 0.3) is 0 Å². The number of nitrogens with zero attached hydrogens (tertiary/aromatic N) is 1. The monoisotopic (exact) mass is 210 g/mol. The molecular weight excluding hydrogens is 196 g/mol. The van der Waals surface area contributed by atoms with Gasteiger partial charge < -0.3 is 15.2 Å². The highest BCUT2D eigenvalue weighted by Gasteiger charge is 2.04. The van der Waals surface area contributed by atoms with Gasteiger partial charge >= 0.3 is 5.97 Å². The number of nitrogens with two attached hydrogens (primary N) is 1. The first-order valence-electron chi connectivity index (χ1n) is 4.59. The second kappa shape index (κ2) is 6.10. The zero-order valence-electron chi connectivity index (χ0n) is 8.60. The number of aromatic nitrogens is 1. The fourth-order valence-electron chi connectivity index (χ4n) is 1.01. The van der Waals surface area contributed by atoms with Crippen LogP contribution in [0.4, 0.5) is 0 Å². The van der Waals surface area contributed by atoms with Crippen molar-refractivity contribution < 1.29 is 14.3 Å². The summed E-state index contributed by atoms with van der Waals surface area (Å²) >= 11 is 0. The van der Waals surface area contributed by atoms with Crippen LogP contribution in [0, 0.1) is 0 Å². The molecule has 0 aromatic carbocycles. The van der Waals surface area contributed by atoms with Crippen molar-refractivity contribution in [3.8, 4) is 0 Å². The first kappa shape index (κ1) is 11.6. The van der Waals surface area contributed by atoms with Crippen LogP contribution in [0.1, 0.15) is 16.1 Å². The molecule has 0 atom stereocenters. The molecule has 82 valence electrons. The van der Waals surface area contributed by atoms with Crippen LogP contribution in [0.3, 0.4) is 0 Å². The minimum atomic E-state index is -0.392. The molecular formula is C10H14N2O3. The van der Waals surface area contributed by atoms with Crippen molar-refractivity contribution in [2.45, 2.75) is 6.61 Å². The molecule has 0 radical (unpaired) electrons. The Bertz CT molecular complexity index is 311. The molecule has 0 aliphatic heterocycles. The Labute approximate surface area is 88.2 Å². The zero-order chi connectivity index (χ0) is 11.1. The van der Waals surface area contributed by atoms with Crippen molar-refractivity contribution >= 4 is 5.97 Å². The molecule has 2 N–H and O–H groups in total. The number of hydrogen-bond donors (Lipinski definition) is 1. The fourth-order valence-corrected chi connectivity index (χ4v) is 1.01. The van der Waals surface area contributed by atoms with Crippen molar-refractivity contribution in [2.75, 3.05) is 20.3 Å². The van der Waals surface area contributed by atoms with E-state index in [1.165, 1.54) is 13.3 Å². The standard InChI is InChI=1S/C10H14N2O3/c1-14-10(13)8-2-3-9(12-6-8)7-15-5-4-11/h2-3,6H,4-5,7,11H2,1H3. The Morgan fingerprint density at radius 1 is 1.53 bits per heavy atom. The van der Waals surface area contributed by atoms with E-state index in [0.29, 0.717) is 25.3 Å². The molecule has 0 amide bonds. The average molecular weight is 210 g/mol. The predicted octanol–water partition coefficient (Wildman–Crippen LogP) is 0.344. The first-order chi connectivity index (χ1) is 7.27. The smallest absolute Gasteiger partial charge is 0.339 e. The van der Waals surface area contributed by atoms with Gasteiger partial charge in [-0.15, -0.1) is 0 Å². The summed E-state index contributed by atoms with van der Waals surface area (Å²) in [4.78, 5) is 15.1. The van der Waals surface area contributed by atoms with Gasteiger partial charge in [0.25, 0.3) is 0 Å². The van der Waals surface area contributed by atoms with Crippen LogP contribution in [-0.4, -0.2) is 31.2 Å². The van der Waals surface area contributed by atoms with Gasteiger partial charge in [-0.1, -0.05) is 0 Å². The predicted molar refractivity (Wildman–Crippen MR) is 54.3 cm³/mol. The third kappa shape index (κ3) is 3.65. The van der Waals surface area contributed by atoms with Gasteiger partial charge in [-0.25, -0.2) is 4.79 Å². The maximum atomic E-state index is 11.1. The first-order valence-corrected chi connectivity index (χ1v) is 4.59. The van der Waals surface area contributed by atoms with E-state index in [-0.39, 0.29) is 0 Å². The van der Waals surface area contributed by atoms with E-state index in [1.807, 2.05) is 0 Å². The third-order valence-electron chi connectivity index (χ3n) is 1.76. The molecule has 0 aliphatic carbocycles. The van der Waals surface area contributed by atoms with Gasteiger partial charge in [0.15, 0.2) is 0 Å². The SMILES string of the molecule is COC(=O)c1ccc(COCCN)nc1. The molecule has 1 aromatic rings. The summed E-state index contributed by atoms with van der Waals surface area (Å²) < 4.78 is 9.74. The number of carbonyl (C=O) groups is 1. The van der Waals surface area contributed by atoms with Gasteiger partial charge in [0.05, 0.1) is 31.6 Å². The Morgan fingerprint density at radius 3 is 2.87 bits per heavy atom. The minimum Gasteiger partial charge on any atom is -0.465 e. The highest BCUT2D eigenvalue weighted by Crippen LogP contribution is 2.02. The van der Waals surface area contributed by atoms with E-state index in [4.69, 9.17) is 10.5 Å². The highest BCUT2D eigenvalue weighted by atomic mass is 16.5. The Morgan fingerprint density at radius 2 is 2.33 bits per heavy atom. The quantitative estimate of drug-likeness (QED) is 0.560. The van der Waals surface area contributed by atoms with Crippen molar-refractivity contribution in [1.82, 2.24) is 4.98 Å². The summed E-state index contributed by atoms with van der Waals surface area (Å²) in [7, 11) is 1.33. The number of rotatable bonds is 5. The zero-order valence-corrected chi connectivity index (χ0v) is 8.60.